The van der Waals surface area contributed by atoms with Crippen molar-refractivity contribution < 1.29 is 14.3 Å². The Bertz CT molecular complexity index is 525. The molecule has 0 aliphatic carbocycles. The van der Waals surface area contributed by atoms with Crippen LogP contribution in [0, 0.1) is 5.92 Å². The smallest absolute Gasteiger partial charge is 0.338 e. The number of hydrogen-bond donors (Lipinski definition) is 0. The summed E-state index contributed by atoms with van der Waals surface area (Å²) in [5, 5.41) is 0. The van der Waals surface area contributed by atoms with Gasteiger partial charge in [0.25, 0.3) is 0 Å². The normalized spacial score (nSPS) is 11.2. The van der Waals surface area contributed by atoms with Gasteiger partial charge in [-0.15, -0.1) is 0 Å². The molecule has 0 spiro atoms. The molecule has 0 fully saturated rings. The van der Waals surface area contributed by atoms with Gasteiger partial charge in [-0.3, -0.25) is 0 Å². The first kappa shape index (κ1) is 25.7. The van der Waals surface area contributed by atoms with Crippen molar-refractivity contribution in [2.45, 2.75) is 98.3 Å². The van der Waals surface area contributed by atoms with Crippen molar-refractivity contribution in [3.8, 4) is 0 Å². The number of carbonyl (C=O) groups excluding carboxylic acids is 1. The molecule has 0 saturated carbocycles. The molecule has 0 aliphatic rings. The summed E-state index contributed by atoms with van der Waals surface area (Å²) < 4.78 is 11.1. The lowest BCUT2D eigenvalue weighted by molar-refractivity contribution is 0.0312. The van der Waals surface area contributed by atoms with Gasteiger partial charge >= 0.3 is 5.97 Å². The number of aryl methyl sites for hydroxylation is 2. The number of carbonyl (C=O) groups is 1. The maximum absolute atomic E-state index is 12.5. The zero-order valence-electron chi connectivity index (χ0n) is 19.4. The molecule has 0 bridgehead atoms. The SMILES string of the molecule is CCCCc1cc(CCCC)cc(C(=O)OCCOCCCCCCC(C)C)c1. The van der Waals surface area contributed by atoms with E-state index in [4.69, 9.17) is 9.47 Å². The molecule has 0 heterocycles. The molecule has 1 aromatic carbocycles. The average Bonchev–Trinajstić information content (AvgIpc) is 2.71. The summed E-state index contributed by atoms with van der Waals surface area (Å²) in [5.74, 6) is 0.578. The second-order valence-corrected chi connectivity index (χ2v) is 8.59. The van der Waals surface area contributed by atoms with Crippen molar-refractivity contribution in [3.05, 3.63) is 34.9 Å². The minimum Gasteiger partial charge on any atom is -0.460 e. The van der Waals surface area contributed by atoms with E-state index in [0.717, 1.165) is 57.5 Å². The highest BCUT2D eigenvalue weighted by molar-refractivity contribution is 5.89. The van der Waals surface area contributed by atoms with E-state index in [1.54, 1.807) is 0 Å². The molecule has 3 nitrogen and oxygen atoms in total. The van der Waals surface area contributed by atoms with Crippen LogP contribution in [-0.2, 0) is 22.3 Å². The second-order valence-electron chi connectivity index (χ2n) is 8.59. The highest BCUT2D eigenvalue weighted by Crippen LogP contribution is 2.16. The molecule has 29 heavy (non-hydrogen) atoms. The van der Waals surface area contributed by atoms with Crippen molar-refractivity contribution in [2.75, 3.05) is 19.8 Å². The zero-order chi connectivity index (χ0) is 21.3. The molecule has 1 rings (SSSR count). The summed E-state index contributed by atoms with van der Waals surface area (Å²) >= 11 is 0. The van der Waals surface area contributed by atoms with E-state index < -0.39 is 0 Å². The number of rotatable bonds is 17. The molecule has 3 heteroatoms. The van der Waals surface area contributed by atoms with E-state index in [9.17, 15) is 4.79 Å². The number of benzene rings is 1. The van der Waals surface area contributed by atoms with Crippen LogP contribution in [0.3, 0.4) is 0 Å². The molecule has 0 N–H and O–H groups in total. The van der Waals surface area contributed by atoms with E-state index >= 15 is 0 Å². The number of ether oxygens (including phenoxy) is 2. The lowest BCUT2D eigenvalue weighted by Crippen LogP contribution is -2.12. The standard InChI is InChI=1S/C26H44O3/c1-5-7-14-23-19-24(15-8-6-2)21-25(20-23)26(27)29-18-17-28-16-12-10-9-11-13-22(3)4/h19-22H,5-18H2,1-4H3. The molecular weight excluding hydrogens is 360 g/mol. The molecule has 166 valence electrons. The maximum Gasteiger partial charge on any atom is 0.338 e. The van der Waals surface area contributed by atoms with Crippen molar-refractivity contribution in [3.63, 3.8) is 0 Å². The maximum atomic E-state index is 12.5. The van der Waals surface area contributed by atoms with Crippen LogP contribution in [-0.4, -0.2) is 25.8 Å². The van der Waals surface area contributed by atoms with E-state index in [-0.39, 0.29) is 5.97 Å². The Morgan fingerprint density at radius 2 is 1.41 bits per heavy atom. The van der Waals surface area contributed by atoms with Gasteiger partial charge < -0.3 is 9.47 Å². The fourth-order valence-electron chi connectivity index (χ4n) is 3.42. The van der Waals surface area contributed by atoms with E-state index in [2.05, 4.69) is 33.8 Å². The average molecular weight is 405 g/mol. The largest absolute Gasteiger partial charge is 0.460 e. The van der Waals surface area contributed by atoms with E-state index in [1.807, 2.05) is 12.1 Å². The fourth-order valence-corrected chi connectivity index (χ4v) is 3.42. The van der Waals surface area contributed by atoms with Crippen molar-refractivity contribution in [1.82, 2.24) is 0 Å². The Hall–Kier alpha value is -1.35. The molecule has 0 saturated heterocycles. The van der Waals surface area contributed by atoms with E-state index in [0.29, 0.717) is 18.8 Å². The van der Waals surface area contributed by atoms with Gasteiger partial charge in [0.2, 0.25) is 0 Å². The van der Waals surface area contributed by atoms with Gasteiger partial charge in [0.05, 0.1) is 12.2 Å². The number of esters is 1. The lowest BCUT2D eigenvalue weighted by atomic mass is 9.99. The van der Waals surface area contributed by atoms with E-state index in [1.165, 1.54) is 36.8 Å². The Morgan fingerprint density at radius 1 is 0.793 bits per heavy atom. The minimum absolute atomic E-state index is 0.224. The summed E-state index contributed by atoms with van der Waals surface area (Å²) in [6, 6.07) is 6.27. The minimum atomic E-state index is -0.224. The Morgan fingerprint density at radius 3 is 2.00 bits per heavy atom. The highest BCUT2D eigenvalue weighted by Gasteiger charge is 2.10. The van der Waals surface area contributed by atoms with Crippen molar-refractivity contribution >= 4 is 5.97 Å². The Balaban J connectivity index is 2.31. The summed E-state index contributed by atoms with van der Waals surface area (Å²) in [4.78, 5) is 12.5. The first-order chi connectivity index (χ1) is 14.1. The predicted molar refractivity (Wildman–Crippen MR) is 123 cm³/mol. The number of hydrogen-bond acceptors (Lipinski definition) is 3. The van der Waals surface area contributed by atoms with Crippen molar-refractivity contribution in [1.29, 1.82) is 0 Å². The van der Waals surface area contributed by atoms with Crippen LogP contribution >= 0.6 is 0 Å². The summed E-state index contributed by atoms with van der Waals surface area (Å²) in [5.41, 5.74) is 3.19. The zero-order valence-corrected chi connectivity index (χ0v) is 19.4. The van der Waals surface area contributed by atoms with Gasteiger partial charge in [-0.25, -0.2) is 4.79 Å². The Kier molecular flexibility index (Phi) is 14.6. The molecule has 0 unspecified atom stereocenters. The van der Waals surface area contributed by atoms with Crippen LogP contribution in [0.2, 0.25) is 0 Å². The first-order valence-electron chi connectivity index (χ1n) is 11.9. The lowest BCUT2D eigenvalue weighted by Gasteiger charge is -2.10. The molecular formula is C26H44O3. The third-order valence-corrected chi connectivity index (χ3v) is 5.21. The third-order valence-electron chi connectivity index (χ3n) is 5.21. The molecule has 1 aromatic rings. The molecule has 0 atom stereocenters. The molecule has 0 aromatic heterocycles. The van der Waals surface area contributed by atoms with Gasteiger partial charge in [-0.2, -0.15) is 0 Å². The fraction of sp³-hybridized carbons (Fsp3) is 0.731. The van der Waals surface area contributed by atoms with Crippen LogP contribution in [0.15, 0.2) is 18.2 Å². The van der Waals surface area contributed by atoms with Crippen LogP contribution in [0.4, 0.5) is 0 Å². The van der Waals surface area contributed by atoms with Crippen molar-refractivity contribution in [2.24, 2.45) is 5.92 Å². The third kappa shape index (κ3) is 12.7. The van der Waals surface area contributed by atoms with Gasteiger partial charge in [-0.05, 0) is 61.3 Å². The van der Waals surface area contributed by atoms with Crippen LogP contribution in [0.25, 0.3) is 0 Å². The molecule has 0 aliphatic heterocycles. The number of unbranched alkanes of at least 4 members (excludes halogenated alkanes) is 5. The Labute approximate surface area is 179 Å². The second kappa shape index (κ2) is 16.4. The van der Waals surface area contributed by atoms with Crippen LogP contribution in [0.1, 0.15) is 107 Å². The summed E-state index contributed by atoms with van der Waals surface area (Å²) in [7, 11) is 0. The summed E-state index contributed by atoms with van der Waals surface area (Å²) in [6.45, 7) is 10.5. The highest BCUT2D eigenvalue weighted by atomic mass is 16.6. The first-order valence-corrected chi connectivity index (χ1v) is 11.9. The van der Waals surface area contributed by atoms with Gasteiger partial charge in [0.15, 0.2) is 0 Å². The van der Waals surface area contributed by atoms with Gasteiger partial charge in [0.1, 0.15) is 6.61 Å². The molecule has 0 amide bonds. The topological polar surface area (TPSA) is 35.5 Å². The van der Waals surface area contributed by atoms with Gasteiger partial charge in [-0.1, -0.05) is 72.3 Å². The summed E-state index contributed by atoms with van der Waals surface area (Å²) in [6.07, 6.45) is 12.9. The van der Waals surface area contributed by atoms with Crippen LogP contribution in [0.5, 0.6) is 0 Å². The predicted octanol–water partition coefficient (Wildman–Crippen LogP) is 7.15. The van der Waals surface area contributed by atoms with Gasteiger partial charge in [0, 0.05) is 6.61 Å². The quantitative estimate of drug-likeness (QED) is 0.204. The molecule has 0 radical (unpaired) electrons. The van der Waals surface area contributed by atoms with Crippen LogP contribution < -0.4 is 0 Å². The monoisotopic (exact) mass is 404 g/mol.